The van der Waals surface area contributed by atoms with Gasteiger partial charge in [-0.05, 0) is 72.6 Å². The maximum Gasteiger partial charge on any atom is 0.244 e. The van der Waals surface area contributed by atoms with Crippen LogP contribution in [0.2, 0.25) is 5.02 Å². The smallest absolute Gasteiger partial charge is 0.244 e. The second-order valence-electron chi connectivity index (χ2n) is 6.59. The van der Waals surface area contributed by atoms with E-state index >= 15 is 0 Å². The van der Waals surface area contributed by atoms with Gasteiger partial charge in [-0.15, -0.1) is 0 Å². The molecule has 2 aromatic carbocycles. The highest BCUT2D eigenvalue weighted by molar-refractivity contribution is 6.30. The highest BCUT2D eigenvalue weighted by Gasteiger charge is 2.15. The van der Waals surface area contributed by atoms with Crippen LogP contribution in [0.4, 0.5) is 0 Å². The van der Waals surface area contributed by atoms with Gasteiger partial charge in [0.15, 0.2) is 0 Å². The van der Waals surface area contributed by atoms with Crippen molar-refractivity contribution in [3.63, 3.8) is 0 Å². The Kier molecular flexibility index (Phi) is 5.93. The fourth-order valence-electron chi connectivity index (χ4n) is 3.36. The van der Waals surface area contributed by atoms with Gasteiger partial charge in [-0.1, -0.05) is 48.9 Å². The van der Waals surface area contributed by atoms with Crippen molar-refractivity contribution in [3.05, 3.63) is 75.8 Å². The molecule has 0 heterocycles. The molecule has 0 saturated carbocycles. The lowest BCUT2D eigenvalue weighted by molar-refractivity contribution is -0.117. The summed E-state index contributed by atoms with van der Waals surface area (Å²) in [5.41, 5.74) is 5.09. The molecule has 0 spiro atoms. The second-order valence-corrected chi connectivity index (χ2v) is 7.03. The minimum absolute atomic E-state index is 0.0506. The first kappa shape index (κ1) is 17.8. The van der Waals surface area contributed by atoms with Crippen molar-refractivity contribution >= 4 is 23.6 Å². The average Bonchev–Trinajstić information content (AvgIpc) is 2.65. The molecule has 1 N–H and O–H groups in total. The van der Waals surface area contributed by atoms with Crippen molar-refractivity contribution in [3.8, 4) is 0 Å². The van der Waals surface area contributed by atoms with E-state index in [4.69, 9.17) is 11.6 Å². The first-order valence-corrected chi connectivity index (χ1v) is 9.39. The molecule has 0 aromatic heterocycles. The molecule has 130 valence electrons. The molecule has 0 bridgehead atoms. The number of rotatable bonds is 5. The Balaban J connectivity index is 1.67. The van der Waals surface area contributed by atoms with Crippen molar-refractivity contribution in [2.75, 3.05) is 0 Å². The molecule has 0 saturated heterocycles. The van der Waals surface area contributed by atoms with E-state index in [1.807, 2.05) is 30.3 Å². The van der Waals surface area contributed by atoms with Gasteiger partial charge in [0.25, 0.3) is 0 Å². The van der Waals surface area contributed by atoms with Crippen LogP contribution in [0.1, 0.15) is 54.5 Å². The highest BCUT2D eigenvalue weighted by Crippen LogP contribution is 2.26. The van der Waals surface area contributed by atoms with Gasteiger partial charge < -0.3 is 5.32 Å². The summed E-state index contributed by atoms with van der Waals surface area (Å²) in [6.45, 7) is 2.10. The molecule has 0 fully saturated rings. The Morgan fingerprint density at radius 1 is 1.12 bits per heavy atom. The number of benzene rings is 2. The standard InChI is InChI=1S/C22H24ClNO/c1-2-21(19-11-10-17-5-3-4-6-18(17)15-19)24-22(25)14-9-16-7-12-20(23)13-8-16/h7-15,21H,2-6H2,1H3,(H,24,25)/b14-9+. The Bertz CT molecular complexity index is 764. The van der Waals surface area contributed by atoms with Gasteiger partial charge in [-0.25, -0.2) is 0 Å². The van der Waals surface area contributed by atoms with Gasteiger partial charge in [0.1, 0.15) is 0 Å². The van der Waals surface area contributed by atoms with E-state index in [1.54, 1.807) is 6.08 Å². The van der Waals surface area contributed by atoms with Crippen LogP contribution in [0.3, 0.4) is 0 Å². The maximum atomic E-state index is 12.3. The zero-order chi connectivity index (χ0) is 17.6. The third-order valence-corrected chi connectivity index (χ3v) is 5.05. The van der Waals surface area contributed by atoms with Crippen LogP contribution < -0.4 is 5.32 Å². The van der Waals surface area contributed by atoms with Crippen LogP contribution >= 0.6 is 11.6 Å². The lowest BCUT2D eigenvalue weighted by Crippen LogP contribution is -2.26. The van der Waals surface area contributed by atoms with Crippen molar-refractivity contribution in [1.82, 2.24) is 5.32 Å². The molecule has 1 unspecified atom stereocenters. The molecule has 1 atom stereocenters. The Morgan fingerprint density at radius 3 is 2.56 bits per heavy atom. The summed E-state index contributed by atoms with van der Waals surface area (Å²) in [6, 6.07) is 14.2. The summed E-state index contributed by atoms with van der Waals surface area (Å²) in [5.74, 6) is -0.0699. The van der Waals surface area contributed by atoms with Crippen molar-refractivity contribution in [2.45, 2.75) is 45.1 Å². The third-order valence-electron chi connectivity index (χ3n) is 4.80. The first-order chi connectivity index (χ1) is 12.2. The molecular formula is C22H24ClNO. The Hall–Kier alpha value is -2.06. The monoisotopic (exact) mass is 353 g/mol. The number of hydrogen-bond acceptors (Lipinski definition) is 1. The van der Waals surface area contributed by atoms with Gasteiger partial charge >= 0.3 is 0 Å². The number of halogens is 1. The second kappa shape index (κ2) is 8.35. The number of amides is 1. The van der Waals surface area contributed by atoms with E-state index in [9.17, 15) is 4.79 Å². The van der Waals surface area contributed by atoms with E-state index in [0.29, 0.717) is 5.02 Å². The normalized spacial score (nSPS) is 15.0. The SMILES string of the molecule is CCC(NC(=O)/C=C/c1ccc(Cl)cc1)c1ccc2c(c1)CCCC2. The molecule has 3 rings (SSSR count). The van der Waals surface area contributed by atoms with Gasteiger partial charge in [0, 0.05) is 11.1 Å². The first-order valence-electron chi connectivity index (χ1n) is 9.01. The predicted octanol–water partition coefficient (Wildman–Crippen LogP) is 5.50. The lowest BCUT2D eigenvalue weighted by Gasteiger charge is -2.21. The van der Waals surface area contributed by atoms with Gasteiger partial charge in [-0.2, -0.15) is 0 Å². The Morgan fingerprint density at radius 2 is 1.84 bits per heavy atom. The summed E-state index contributed by atoms with van der Waals surface area (Å²) in [4.78, 5) is 12.3. The molecule has 3 heteroatoms. The lowest BCUT2D eigenvalue weighted by atomic mass is 9.89. The molecule has 1 aliphatic rings. The van der Waals surface area contributed by atoms with Crippen molar-refractivity contribution in [2.24, 2.45) is 0 Å². The van der Waals surface area contributed by atoms with E-state index < -0.39 is 0 Å². The van der Waals surface area contributed by atoms with E-state index in [-0.39, 0.29) is 11.9 Å². The molecule has 2 aromatic rings. The van der Waals surface area contributed by atoms with Crippen molar-refractivity contribution < 1.29 is 4.79 Å². The zero-order valence-electron chi connectivity index (χ0n) is 14.6. The average molecular weight is 354 g/mol. The third kappa shape index (κ3) is 4.73. The summed E-state index contributed by atoms with van der Waals surface area (Å²) >= 11 is 5.88. The summed E-state index contributed by atoms with van der Waals surface area (Å²) in [7, 11) is 0. The molecule has 2 nitrogen and oxygen atoms in total. The zero-order valence-corrected chi connectivity index (χ0v) is 15.4. The van der Waals surface area contributed by atoms with E-state index in [0.717, 1.165) is 18.4 Å². The number of nitrogens with one attached hydrogen (secondary N) is 1. The van der Waals surface area contributed by atoms with Crippen LogP contribution in [0.15, 0.2) is 48.5 Å². The van der Waals surface area contributed by atoms with E-state index in [1.165, 1.54) is 36.0 Å². The number of aryl methyl sites for hydroxylation is 2. The quantitative estimate of drug-likeness (QED) is 0.706. The number of hydrogen-bond donors (Lipinski definition) is 1. The summed E-state index contributed by atoms with van der Waals surface area (Å²) < 4.78 is 0. The summed E-state index contributed by atoms with van der Waals surface area (Å²) in [5, 5.41) is 3.81. The largest absolute Gasteiger partial charge is 0.346 e. The number of carbonyl (C=O) groups excluding carboxylic acids is 1. The van der Waals surface area contributed by atoms with Crippen LogP contribution in [0.25, 0.3) is 6.08 Å². The molecule has 1 amide bonds. The molecular weight excluding hydrogens is 330 g/mol. The minimum Gasteiger partial charge on any atom is -0.346 e. The van der Waals surface area contributed by atoms with Crippen LogP contribution in [-0.2, 0) is 17.6 Å². The predicted molar refractivity (Wildman–Crippen MR) is 105 cm³/mol. The fourth-order valence-corrected chi connectivity index (χ4v) is 3.48. The van der Waals surface area contributed by atoms with Crippen molar-refractivity contribution in [1.29, 1.82) is 0 Å². The molecule has 0 aliphatic heterocycles. The number of carbonyl (C=O) groups is 1. The van der Waals surface area contributed by atoms with Gasteiger partial charge in [0.05, 0.1) is 6.04 Å². The van der Waals surface area contributed by atoms with Crippen LogP contribution in [0.5, 0.6) is 0 Å². The Labute approximate surface area is 154 Å². The minimum atomic E-state index is -0.0699. The molecule has 1 aliphatic carbocycles. The van der Waals surface area contributed by atoms with E-state index in [2.05, 4.69) is 30.4 Å². The number of fused-ring (bicyclic) bond motifs is 1. The van der Waals surface area contributed by atoms with Crippen LogP contribution in [-0.4, -0.2) is 5.91 Å². The van der Waals surface area contributed by atoms with Gasteiger partial charge in [-0.3, -0.25) is 4.79 Å². The van der Waals surface area contributed by atoms with Gasteiger partial charge in [0.2, 0.25) is 5.91 Å². The van der Waals surface area contributed by atoms with Crippen LogP contribution in [0, 0.1) is 0 Å². The summed E-state index contributed by atoms with van der Waals surface area (Å²) in [6.07, 6.45) is 9.17. The topological polar surface area (TPSA) is 29.1 Å². The molecule has 25 heavy (non-hydrogen) atoms. The highest BCUT2D eigenvalue weighted by atomic mass is 35.5. The fraction of sp³-hybridized carbons (Fsp3) is 0.318. The molecule has 0 radical (unpaired) electrons. The maximum absolute atomic E-state index is 12.3.